The van der Waals surface area contributed by atoms with Crippen LogP contribution in [0.1, 0.15) is 42.4 Å². The van der Waals surface area contributed by atoms with Crippen LogP contribution in [0, 0.1) is 0 Å². The predicted molar refractivity (Wildman–Crippen MR) is 135 cm³/mol. The van der Waals surface area contributed by atoms with E-state index in [1.807, 2.05) is 6.07 Å². The van der Waals surface area contributed by atoms with E-state index in [1.165, 1.54) is 25.0 Å². The lowest BCUT2D eigenvalue weighted by Crippen LogP contribution is -2.49. The van der Waals surface area contributed by atoms with Crippen LogP contribution in [0.25, 0.3) is 11.4 Å². The Balaban J connectivity index is 1.67. The molecular weight excluding hydrogens is 469 g/mol. The average Bonchev–Trinajstić information content (AvgIpc) is 3.37. The zero-order valence-electron chi connectivity index (χ0n) is 20.4. The highest BCUT2D eigenvalue weighted by Gasteiger charge is 2.30. The van der Waals surface area contributed by atoms with Gasteiger partial charge in [0.05, 0.1) is 23.5 Å². The number of hydrogen-bond acceptors (Lipinski definition) is 6. The van der Waals surface area contributed by atoms with Gasteiger partial charge >= 0.3 is 6.18 Å². The Morgan fingerprint density at radius 2 is 1.81 bits per heavy atom. The number of carbonyl (C=O) groups is 1. The maximum Gasteiger partial charge on any atom is 0.416 e. The summed E-state index contributed by atoms with van der Waals surface area (Å²) in [5.74, 6) is 0.675. The maximum atomic E-state index is 13.1. The minimum absolute atomic E-state index is 0.0323. The highest BCUT2D eigenvalue weighted by atomic mass is 19.4. The Hall–Kier alpha value is -3.27. The van der Waals surface area contributed by atoms with E-state index in [-0.39, 0.29) is 18.1 Å². The third-order valence-corrected chi connectivity index (χ3v) is 6.74. The molecule has 2 heterocycles. The second-order valence-electron chi connectivity index (χ2n) is 9.38. The molecule has 4 N–H and O–H groups in total. The van der Waals surface area contributed by atoms with Gasteiger partial charge in [0, 0.05) is 51.0 Å². The Bertz CT molecular complexity index is 1070. The third kappa shape index (κ3) is 6.29. The van der Waals surface area contributed by atoms with Crippen LogP contribution in [0.2, 0.25) is 0 Å². The molecule has 1 saturated carbocycles. The Labute approximate surface area is 209 Å². The number of carbonyl (C=O) groups excluding carboxylic acids is 1. The number of anilines is 1. The van der Waals surface area contributed by atoms with Gasteiger partial charge in [0.25, 0.3) is 0 Å². The van der Waals surface area contributed by atoms with Crippen molar-refractivity contribution in [1.82, 2.24) is 20.1 Å². The van der Waals surface area contributed by atoms with E-state index >= 15 is 0 Å². The van der Waals surface area contributed by atoms with Gasteiger partial charge in [-0.25, -0.2) is 4.98 Å². The molecule has 0 unspecified atom stereocenters. The molecule has 1 aromatic heterocycles. The number of pyridine rings is 1. The summed E-state index contributed by atoms with van der Waals surface area (Å²) in [5.41, 5.74) is 7.87. The number of piperazine rings is 1. The van der Waals surface area contributed by atoms with Gasteiger partial charge in [0.15, 0.2) is 0 Å². The molecule has 0 spiro atoms. The molecule has 2 aromatic rings. The Kier molecular flexibility index (Phi) is 8.03. The van der Waals surface area contributed by atoms with Gasteiger partial charge < -0.3 is 26.2 Å². The van der Waals surface area contributed by atoms with Crippen molar-refractivity contribution in [3.8, 4) is 0 Å². The molecule has 1 amide bonds. The van der Waals surface area contributed by atoms with E-state index in [0.29, 0.717) is 36.2 Å². The first-order valence-electron chi connectivity index (χ1n) is 12.3. The van der Waals surface area contributed by atoms with Gasteiger partial charge in [-0.2, -0.15) is 13.2 Å². The lowest BCUT2D eigenvalue weighted by Gasteiger charge is -2.31. The molecule has 7 nitrogen and oxygen atoms in total. The summed E-state index contributed by atoms with van der Waals surface area (Å²) in [6, 6.07) is 8.82. The second-order valence-corrected chi connectivity index (χ2v) is 9.38. The normalized spacial score (nSPS) is 17.6. The number of aromatic nitrogens is 1. The van der Waals surface area contributed by atoms with Crippen molar-refractivity contribution < 1.29 is 18.0 Å². The molecule has 36 heavy (non-hydrogen) atoms. The lowest BCUT2D eigenvalue weighted by molar-refractivity contribution is -0.137. The molecule has 2 fully saturated rings. The molecule has 1 aliphatic carbocycles. The monoisotopic (exact) mass is 502 g/mol. The largest absolute Gasteiger partial charge is 0.416 e. The van der Waals surface area contributed by atoms with Crippen LogP contribution in [-0.2, 0) is 11.0 Å². The third-order valence-electron chi connectivity index (χ3n) is 6.74. The molecule has 10 heteroatoms. The van der Waals surface area contributed by atoms with Crippen LogP contribution in [0.3, 0.4) is 0 Å². The van der Waals surface area contributed by atoms with Crippen LogP contribution in [0.15, 0.2) is 42.6 Å². The molecule has 1 saturated heterocycles. The zero-order valence-corrected chi connectivity index (χ0v) is 20.4. The van der Waals surface area contributed by atoms with Crippen molar-refractivity contribution in [1.29, 1.82) is 0 Å². The summed E-state index contributed by atoms with van der Waals surface area (Å²) >= 11 is 0. The molecule has 1 aliphatic heterocycles. The van der Waals surface area contributed by atoms with Crippen molar-refractivity contribution in [2.24, 2.45) is 5.73 Å². The number of benzene rings is 1. The fourth-order valence-corrected chi connectivity index (χ4v) is 4.79. The summed E-state index contributed by atoms with van der Waals surface area (Å²) < 4.78 is 39.3. The smallest absolute Gasteiger partial charge is 0.397 e. The quantitative estimate of drug-likeness (QED) is 0.537. The van der Waals surface area contributed by atoms with Gasteiger partial charge in [-0.3, -0.25) is 4.79 Å². The number of alkyl halides is 3. The van der Waals surface area contributed by atoms with Gasteiger partial charge in [0.2, 0.25) is 5.91 Å². The van der Waals surface area contributed by atoms with Crippen LogP contribution in [0.4, 0.5) is 19.0 Å². The van der Waals surface area contributed by atoms with Crippen LogP contribution >= 0.6 is 0 Å². The second kappa shape index (κ2) is 11.2. The first-order chi connectivity index (χ1) is 17.2. The molecular formula is C26H33F3N6O. The first kappa shape index (κ1) is 25.8. The molecule has 2 aliphatic rings. The highest BCUT2D eigenvalue weighted by molar-refractivity contribution is 5.90. The van der Waals surface area contributed by atoms with E-state index in [9.17, 15) is 18.0 Å². The number of rotatable bonds is 7. The Morgan fingerprint density at radius 1 is 1.14 bits per heavy atom. The van der Waals surface area contributed by atoms with E-state index < -0.39 is 11.7 Å². The minimum Gasteiger partial charge on any atom is -0.397 e. The maximum absolute atomic E-state index is 13.1. The van der Waals surface area contributed by atoms with Gasteiger partial charge in [-0.15, -0.1) is 0 Å². The number of likely N-dealkylation sites (N-methyl/N-ethyl adjacent to an activating group) is 1. The molecule has 0 radical (unpaired) electrons. The zero-order chi connectivity index (χ0) is 25.7. The summed E-state index contributed by atoms with van der Waals surface area (Å²) in [4.78, 5) is 21.0. The predicted octanol–water partition coefficient (Wildman–Crippen LogP) is 3.60. The van der Waals surface area contributed by atoms with Crippen molar-refractivity contribution in [2.75, 3.05) is 45.1 Å². The molecule has 0 bridgehead atoms. The summed E-state index contributed by atoms with van der Waals surface area (Å²) in [7, 11) is 1.77. The van der Waals surface area contributed by atoms with Crippen molar-refractivity contribution >= 4 is 23.1 Å². The van der Waals surface area contributed by atoms with Crippen LogP contribution in [0.5, 0.6) is 0 Å². The van der Waals surface area contributed by atoms with E-state index in [2.05, 4.69) is 15.6 Å². The fourth-order valence-electron chi connectivity index (χ4n) is 4.79. The highest BCUT2D eigenvalue weighted by Crippen LogP contribution is 2.32. The number of nitrogens with one attached hydrogen (secondary N) is 2. The lowest BCUT2D eigenvalue weighted by atomic mass is 10.0. The summed E-state index contributed by atoms with van der Waals surface area (Å²) in [6.07, 6.45) is 1.78. The fraction of sp³-hybridized carbons (Fsp3) is 0.462. The number of hydrogen-bond donors (Lipinski definition) is 3. The summed E-state index contributed by atoms with van der Waals surface area (Å²) in [6.45, 7) is 2.83. The number of nitrogens with two attached hydrogens (primary N) is 1. The van der Waals surface area contributed by atoms with Crippen LogP contribution in [-0.4, -0.2) is 66.5 Å². The number of nitrogens with zero attached hydrogens (tertiary/aromatic N) is 3. The number of amides is 1. The Morgan fingerprint density at radius 3 is 2.44 bits per heavy atom. The topological polar surface area (TPSA) is 86.5 Å². The summed E-state index contributed by atoms with van der Waals surface area (Å²) in [5, 5.41) is 6.70. The molecule has 4 rings (SSSR count). The minimum atomic E-state index is -4.43. The first-order valence-corrected chi connectivity index (χ1v) is 12.3. The van der Waals surface area contributed by atoms with E-state index in [1.54, 1.807) is 29.1 Å². The standard InChI is InChI=1S/C26H33F3N6O/c1-34(17-23(36)35-14-12-31-13-15-35)25(24(30)18-6-8-20(9-7-18)26(27,28)29)19-10-11-32-22(16-19)33-21-4-2-3-5-21/h6-11,16,21,31H,2-5,12-15,17,30H2,1H3,(H,32,33)/b25-24-. The molecule has 194 valence electrons. The van der Waals surface area contributed by atoms with E-state index in [0.717, 1.165) is 43.6 Å². The van der Waals surface area contributed by atoms with Crippen molar-refractivity contribution in [2.45, 2.75) is 37.9 Å². The van der Waals surface area contributed by atoms with Crippen molar-refractivity contribution in [3.05, 3.63) is 59.3 Å². The van der Waals surface area contributed by atoms with Crippen molar-refractivity contribution in [3.63, 3.8) is 0 Å². The SMILES string of the molecule is CN(CC(=O)N1CCNCC1)/C(=C(\N)c1ccc(C(F)(F)F)cc1)c1ccnc(NC2CCCC2)c1. The molecule has 1 aromatic carbocycles. The molecule has 0 atom stereocenters. The van der Waals surface area contributed by atoms with Gasteiger partial charge in [-0.05, 0) is 42.7 Å². The van der Waals surface area contributed by atoms with Gasteiger partial charge in [0.1, 0.15) is 5.82 Å². The van der Waals surface area contributed by atoms with E-state index in [4.69, 9.17) is 5.73 Å². The average molecular weight is 503 g/mol. The van der Waals surface area contributed by atoms with Gasteiger partial charge in [-0.1, -0.05) is 25.0 Å². The van der Waals surface area contributed by atoms with Crippen LogP contribution < -0.4 is 16.4 Å². The number of halogens is 3.